The molecular weight excluding hydrogens is 436 g/mol. The van der Waals surface area contributed by atoms with Gasteiger partial charge in [0.1, 0.15) is 11.5 Å². The highest BCUT2D eigenvalue weighted by atomic mass is 32.2. The first-order valence-electron chi connectivity index (χ1n) is 9.34. The van der Waals surface area contributed by atoms with Crippen LogP contribution in [0.3, 0.4) is 0 Å². The third-order valence-corrected chi connectivity index (χ3v) is 6.56. The number of carbonyl (C=O) groups is 1. The highest BCUT2D eigenvalue weighted by Gasteiger charge is 2.22. The summed E-state index contributed by atoms with van der Waals surface area (Å²) in [5.74, 6) is 0.0564. The van der Waals surface area contributed by atoms with Gasteiger partial charge in [-0.3, -0.25) is 14.4 Å². The molecule has 3 aromatic carbocycles. The molecule has 3 aromatic rings. The molecular formula is C22H20N2O7S. The van der Waals surface area contributed by atoms with Crippen molar-refractivity contribution in [2.24, 2.45) is 0 Å². The van der Waals surface area contributed by atoms with Gasteiger partial charge in [0.15, 0.2) is 0 Å². The fourth-order valence-corrected chi connectivity index (χ4v) is 4.12. The van der Waals surface area contributed by atoms with Crippen LogP contribution in [-0.2, 0) is 10.0 Å². The number of hydrogen-bond acceptors (Lipinski definition) is 7. The maximum Gasteiger partial charge on any atom is 0.343 e. The fourth-order valence-electron chi connectivity index (χ4n) is 2.92. The molecule has 0 saturated carbocycles. The normalized spacial score (nSPS) is 11.0. The van der Waals surface area contributed by atoms with Crippen molar-refractivity contribution in [2.75, 3.05) is 18.5 Å². The van der Waals surface area contributed by atoms with Crippen LogP contribution >= 0.6 is 0 Å². The van der Waals surface area contributed by atoms with E-state index in [2.05, 4.69) is 0 Å². The molecule has 166 valence electrons. The van der Waals surface area contributed by atoms with Gasteiger partial charge in [-0.05, 0) is 67.6 Å². The minimum absolute atomic E-state index is 0.0907. The summed E-state index contributed by atoms with van der Waals surface area (Å²) in [5.41, 5.74) is 0.778. The van der Waals surface area contributed by atoms with E-state index in [-0.39, 0.29) is 21.9 Å². The van der Waals surface area contributed by atoms with Crippen molar-refractivity contribution < 1.29 is 27.6 Å². The number of sulfonamides is 1. The predicted molar refractivity (Wildman–Crippen MR) is 118 cm³/mol. The lowest BCUT2D eigenvalue weighted by atomic mass is 10.1. The van der Waals surface area contributed by atoms with Gasteiger partial charge in [0.05, 0.1) is 28.2 Å². The second-order valence-electron chi connectivity index (χ2n) is 6.79. The van der Waals surface area contributed by atoms with Gasteiger partial charge >= 0.3 is 5.97 Å². The third-order valence-electron chi connectivity index (χ3n) is 4.76. The smallest absolute Gasteiger partial charge is 0.343 e. The van der Waals surface area contributed by atoms with E-state index in [1.807, 2.05) is 0 Å². The summed E-state index contributed by atoms with van der Waals surface area (Å²) in [4.78, 5) is 22.8. The standard InChI is InChI=1S/C22H20N2O7S/c1-15-14-16(4-13-21(15)24(26)27)22(25)31-19-7-5-17(6-8-19)23(2)32(28,29)20-11-9-18(30-3)10-12-20/h4-14H,1-3H3. The Morgan fingerprint density at radius 3 is 2.09 bits per heavy atom. The number of esters is 1. The van der Waals surface area contributed by atoms with Crippen molar-refractivity contribution >= 4 is 27.4 Å². The molecule has 0 atom stereocenters. The second kappa shape index (κ2) is 9.06. The molecule has 0 saturated heterocycles. The molecule has 3 rings (SSSR count). The third kappa shape index (κ3) is 4.70. The Morgan fingerprint density at radius 2 is 1.56 bits per heavy atom. The van der Waals surface area contributed by atoms with E-state index in [0.717, 1.165) is 4.31 Å². The number of rotatable bonds is 7. The average Bonchev–Trinajstić information content (AvgIpc) is 2.78. The molecule has 0 fully saturated rings. The number of carbonyl (C=O) groups excluding carboxylic acids is 1. The first-order valence-corrected chi connectivity index (χ1v) is 10.8. The number of methoxy groups -OCH3 is 1. The molecule has 0 amide bonds. The van der Waals surface area contributed by atoms with Crippen molar-refractivity contribution in [1.82, 2.24) is 0 Å². The van der Waals surface area contributed by atoms with Crippen molar-refractivity contribution in [3.05, 3.63) is 88.0 Å². The van der Waals surface area contributed by atoms with E-state index in [9.17, 15) is 23.3 Å². The molecule has 0 heterocycles. The van der Waals surface area contributed by atoms with E-state index in [0.29, 0.717) is 17.0 Å². The van der Waals surface area contributed by atoms with Crippen LogP contribution in [0.2, 0.25) is 0 Å². The van der Waals surface area contributed by atoms with E-state index >= 15 is 0 Å². The molecule has 0 aromatic heterocycles. The minimum atomic E-state index is -3.80. The summed E-state index contributed by atoms with van der Waals surface area (Å²) in [6.45, 7) is 1.53. The number of nitrogens with zero attached hydrogens (tertiary/aromatic N) is 2. The second-order valence-corrected chi connectivity index (χ2v) is 8.76. The van der Waals surface area contributed by atoms with Crippen LogP contribution in [0, 0.1) is 17.0 Å². The van der Waals surface area contributed by atoms with E-state index in [1.165, 1.54) is 75.7 Å². The lowest BCUT2D eigenvalue weighted by Gasteiger charge is -2.20. The van der Waals surface area contributed by atoms with E-state index < -0.39 is 20.9 Å². The van der Waals surface area contributed by atoms with Gasteiger partial charge in [-0.1, -0.05) is 0 Å². The SMILES string of the molecule is COc1ccc(S(=O)(=O)N(C)c2ccc(OC(=O)c3ccc([N+](=O)[O-])c(C)c3)cc2)cc1. The Balaban J connectivity index is 1.74. The lowest BCUT2D eigenvalue weighted by molar-refractivity contribution is -0.385. The van der Waals surface area contributed by atoms with Crippen molar-refractivity contribution in [2.45, 2.75) is 11.8 Å². The highest BCUT2D eigenvalue weighted by molar-refractivity contribution is 7.92. The summed E-state index contributed by atoms with van der Waals surface area (Å²) < 4.78 is 37.1. The Bertz CT molecular complexity index is 1250. The summed E-state index contributed by atoms with van der Waals surface area (Å²) in [6, 6.07) is 15.9. The molecule has 0 aliphatic heterocycles. The number of hydrogen-bond donors (Lipinski definition) is 0. The summed E-state index contributed by atoms with van der Waals surface area (Å²) in [6.07, 6.45) is 0. The molecule has 0 aliphatic rings. The Hall–Kier alpha value is -3.92. The zero-order chi connectivity index (χ0) is 23.5. The molecule has 0 spiro atoms. The topological polar surface area (TPSA) is 116 Å². The van der Waals surface area contributed by atoms with Gasteiger partial charge in [-0.25, -0.2) is 13.2 Å². The molecule has 0 N–H and O–H groups in total. The number of anilines is 1. The van der Waals surface area contributed by atoms with Gasteiger partial charge < -0.3 is 9.47 Å². The molecule has 0 aliphatic carbocycles. The number of aryl methyl sites for hydroxylation is 1. The minimum Gasteiger partial charge on any atom is -0.497 e. The molecule has 0 unspecified atom stereocenters. The monoisotopic (exact) mass is 456 g/mol. The Kier molecular flexibility index (Phi) is 6.45. The molecule has 32 heavy (non-hydrogen) atoms. The van der Waals surface area contributed by atoms with Crippen molar-refractivity contribution in [3.63, 3.8) is 0 Å². The van der Waals surface area contributed by atoms with Crippen LogP contribution in [0.4, 0.5) is 11.4 Å². The molecule has 10 heteroatoms. The summed E-state index contributed by atoms with van der Waals surface area (Å²) in [5, 5.41) is 10.9. The first kappa shape index (κ1) is 22.8. The van der Waals surface area contributed by atoms with Crippen molar-refractivity contribution in [3.8, 4) is 11.5 Å². The van der Waals surface area contributed by atoms with Gasteiger partial charge in [0.2, 0.25) is 0 Å². The largest absolute Gasteiger partial charge is 0.497 e. The van der Waals surface area contributed by atoms with E-state index in [4.69, 9.17) is 9.47 Å². The van der Waals surface area contributed by atoms with Crippen LogP contribution < -0.4 is 13.8 Å². The average molecular weight is 456 g/mol. The number of nitro benzene ring substituents is 1. The lowest BCUT2D eigenvalue weighted by Crippen LogP contribution is -2.26. The van der Waals surface area contributed by atoms with Crippen LogP contribution in [-0.4, -0.2) is 33.5 Å². The number of benzene rings is 3. The molecule has 0 radical (unpaired) electrons. The predicted octanol–water partition coefficient (Wildman–Crippen LogP) is 3.96. The first-order chi connectivity index (χ1) is 15.1. The number of ether oxygens (including phenoxy) is 2. The van der Waals surface area contributed by atoms with Crippen LogP contribution in [0.5, 0.6) is 11.5 Å². The van der Waals surface area contributed by atoms with Gasteiger partial charge in [0, 0.05) is 18.7 Å². The maximum absolute atomic E-state index is 12.8. The van der Waals surface area contributed by atoms with Crippen LogP contribution in [0.1, 0.15) is 15.9 Å². The number of nitro groups is 1. The van der Waals surface area contributed by atoms with Gasteiger partial charge in [-0.2, -0.15) is 0 Å². The van der Waals surface area contributed by atoms with Crippen LogP contribution in [0.15, 0.2) is 71.6 Å². The van der Waals surface area contributed by atoms with Crippen molar-refractivity contribution in [1.29, 1.82) is 0 Å². The van der Waals surface area contributed by atoms with E-state index in [1.54, 1.807) is 12.1 Å². The Labute approximate surface area is 185 Å². The van der Waals surface area contributed by atoms with Gasteiger partial charge in [-0.15, -0.1) is 0 Å². The zero-order valence-electron chi connectivity index (χ0n) is 17.5. The maximum atomic E-state index is 12.8. The Morgan fingerprint density at radius 1 is 0.969 bits per heavy atom. The summed E-state index contributed by atoms with van der Waals surface area (Å²) in [7, 11) is -0.887. The molecule has 0 bridgehead atoms. The van der Waals surface area contributed by atoms with Gasteiger partial charge in [0.25, 0.3) is 15.7 Å². The molecule has 9 nitrogen and oxygen atoms in total. The quantitative estimate of drug-likeness (QED) is 0.229. The van der Waals surface area contributed by atoms with Crippen LogP contribution in [0.25, 0.3) is 0 Å². The summed E-state index contributed by atoms with van der Waals surface area (Å²) >= 11 is 0. The highest BCUT2D eigenvalue weighted by Crippen LogP contribution is 2.26. The zero-order valence-corrected chi connectivity index (χ0v) is 18.3. The fraction of sp³-hybridized carbons (Fsp3) is 0.136.